The van der Waals surface area contributed by atoms with Crippen molar-refractivity contribution >= 4 is 17.6 Å². The molecule has 0 bridgehead atoms. The van der Waals surface area contributed by atoms with Crippen LogP contribution in [-0.4, -0.2) is 22.0 Å². The third-order valence-corrected chi connectivity index (χ3v) is 2.96. The number of benzene rings is 1. The molecular formula is C15H14N2O3. The van der Waals surface area contributed by atoms with Crippen molar-refractivity contribution in [1.82, 2.24) is 4.98 Å². The molecule has 1 amide bonds. The van der Waals surface area contributed by atoms with Crippen LogP contribution in [0.3, 0.4) is 0 Å². The summed E-state index contributed by atoms with van der Waals surface area (Å²) in [5.74, 6) is -1.82. The summed E-state index contributed by atoms with van der Waals surface area (Å²) in [6.07, 6.45) is 1.37. The van der Waals surface area contributed by atoms with Gasteiger partial charge >= 0.3 is 5.97 Å². The van der Waals surface area contributed by atoms with Crippen LogP contribution in [0.25, 0.3) is 0 Å². The highest BCUT2D eigenvalue weighted by atomic mass is 16.4. The standard InChI is InChI=1S/C15H14N2O3/c1-10(11-6-3-2-4-7-11)14(18)17-12-8-5-9-16-13(12)15(19)20/h2-10H,1H3,(H,17,18)(H,19,20). The molecule has 2 rings (SSSR count). The van der Waals surface area contributed by atoms with E-state index in [1.807, 2.05) is 30.3 Å². The molecule has 102 valence electrons. The zero-order chi connectivity index (χ0) is 14.5. The topological polar surface area (TPSA) is 79.3 Å². The van der Waals surface area contributed by atoms with Crippen molar-refractivity contribution in [1.29, 1.82) is 0 Å². The summed E-state index contributed by atoms with van der Waals surface area (Å²) in [5.41, 5.74) is 0.902. The molecule has 0 fully saturated rings. The number of nitrogens with zero attached hydrogens (tertiary/aromatic N) is 1. The molecule has 0 saturated heterocycles. The van der Waals surface area contributed by atoms with Gasteiger partial charge in [0.25, 0.3) is 0 Å². The molecule has 2 aromatic rings. The van der Waals surface area contributed by atoms with Crippen LogP contribution in [0.2, 0.25) is 0 Å². The molecule has 1 aromatic carbocycles. The minimum atomic E-state index is -1.17. The van der Waals surface area contributed by atoms with Crippen LogP contribution in [0.15, 0.2) is 48.7 Å². The first-order valence-electron chi connectivity index (χ1n) is 6.13. The molecule has 1 heterocycles. The van der Waals surface area contributed by atoms with E-state index in [-0.39, 0.29) is 23.2 Å². The van der Waals surface area contributed by atoms with E-state index in [9.17, 15) is 9.59 Å². The first-order chi connectivity index (χ1) is 9.59. The van der Waals surface area contributed by atoms with E-state index in [1.54, 1.807) is 13.0 Å². The number of carboxylic acids is 1. The normalized spacial score (nSPS) is 11.7. The van der Waals surface area contributed by atoms with Gasteiger partial charge in [-0.1, -0.05) is 30.3 Å². The van der Waals surface area contributed by atoms with E-state index < -0.39 is 5.97 Å². The zero-order valence-corrected chi connectivity index (χ0v) is 10.9. The molecular weight excluding hydrogens is 256 g/mol. The average Bonchev–Trinajstić information content (AvgIpc) is 2.47. The summed E-state index contributed by atoms with van der Waals surface area (Å²) in [6.45, 7) is 1.77. The van der Waals surface area contributed by atoms with E-state index in [4.69, 9.17) is 5.11 Å². The molecule has 0 aliphatic rings. The summed E-state index contributed by atoms with van der Waals surface area (Å²) < 4.78 is 0. The lowest BCUT2D eigenvalue weighted by molar-refractivity contribution is -0.117. The van der Waals surface area contributed by atoms with Crippen LogP contribution in [0.1, 0.15) is 28.9 Å². The third-order valence-electron chi connectivity index (χ3n) is 2.96. The Morgan fingerprint density at radius 2 is 1.85 bits per heavy atom. The zero-order valence-electron chi connectivity index (χ0n) is 10.9. The summed E-state index contributed by atoms with van der Waals surface area (Å²) in [4.78, 5) is 26.9. The Hall–Kier alpha value is -2.69. The Bertz CT molecular complexity index is 626. The number of carbonyl (C=O) groups excluding carboxylic acids is 1. The number of anilines is 1. The van der Waals surface area contributed by atoms with Crippen molar-refractivity contribution in [2.24, 2.45) is 0 Å². The molecule has 0 aliphatic carbocycles. The molecule has 0 aliphatic heterocycles. The predicted molar refractivity (Wildman–Crippen MR) is 74.7 cm³/mol. The number of hydrogen-bond donors (Lipinski definition) is 2. The second kappa shape index (κ2) is 5.97. The maximum atomic E-state index is 12.2. The second-order valence-electron chi connectivity index (χ2n) is 4.33. The number of carboxylic acid groups (broad SMARTS) is 1. The Kier molecular flexibility index (Phi) is 4.10. The van der Waals surface area contributed by atoms with Crippen molar-refractivity contribution < 1.29 is 14.7 Å². The highest BCUT2D eigenvalue weighted by molar-refractivity contribution is 6.01. The number of rotatable bonds is 4. The van der Waals surface area contributed by atoms with Gasteiger partial charge in [0.15, 0.2) is 5.69 Å². The van der Waals surface area contributed by atoms with E-state index in [2.05, 4.69) is 10.3 Å². The fourth-order valence-corrected chi connectivity index (χ4v) is 1.81. The van der Waals surface area contributed by atoms with Gasteiger partial charge in [-0.25, -0.2) is 9.78 Å². The van der Waals surface area contributed by atoms with Crippen molar-refractivity contribution in [3.8, 4) is 0 Å². The van der Waals surface area contributed by atoms with Crippen LogP contribution < -0.4 is 5.32 Å². The number of aromatic nitrogens is 1. The van der Waals surface area contributed by atoms with Gasteiger partial charge in [-0.3, -0.25) is 4.79 Å². The number of pyridine rings is 1. The number of amides is 1. The highest BCUT2D eigenvalue weighted by Crippen LogP contribution is 2.19. The van der Waals surface area contributed by atoms with Crippen LogP contribution in [0.4, 0.5) is 5.69 Å². The van der Waals surface area contributed by atoms with Crippen LogP contribution in [-0.2, 0) is 4.79 Å². The minimum Gasteiger partial charge on any atom is -0.476 e. The average molecular weight is 270 g/mol. The maximum Gasteiger partial charge on any atom is 0.356 e. The van der Waals surface area contributed by atoms with Gasteiger partial charge in [0.2, 0.25) is 5.91 Å². The highest BCUT2D eigenvalue weighted by Gasteiger charge is 2.18. The van der Waals surface area contributed by atoms with Crippen molar-refractivity contribution in [3.63, 3.8) is 0 Å². The number of carbonyl (C=O) groups is 2. The molecule has 0 spiro atoms. The van der Waals surface area contributed by atoms with E-state index >= 15 is 0 Å². The molecule has 1 aromatic heterocycles. The number of aromatic carboxylic acids is 1. The fraction of sp³-hybridized carbons (Fsp3) is 0.133. The minimum absolute atomic E-state index is 0.166. The first-order valence-corrected chi connectivity index (χ1v) is 6.13. The van der Waals surface area contributed by atoms with Crippen LogP contribution in [0, 0.1) is 0 Å². The number of hydrogen-bond acceptors (Lipinski definition) is 3. The lowest BCUT2D eigenvalue weighted by Crippen LogP contribution is -2.20. The van der Waals surface area contributed by atoms with Gasteiger partial charge in [-0.05, 0) is 24.6 Å². The Morgan fingerprint density at radius 1 is 1.15 bits per heavy atom. The van der Waals surface area contributed by atoms with Crippen LogP contribution in [0.5, 0.6) is 0 Å². The van der Waals surface area contributed by atoms with Gasteiger partial charge in [0.1, 0.15) is 0 Å². The monoisotopic (exact) mass is 270 g/mol. The Balaban J connectivity index is 2.18. The fourth-order valence-electron chi connectivity index (χ4n) is 1.81. The summed E-state index contributed by atoms with van der Waals surface area (Å²) >= 11 is 0. The van der Waals surface area contributed by atoms with Gasteiger partial charge in [0.05, 0.1) is 11.6 Å². The van der Waals surface area contributed by atoms with Gasteiger partial charge < -0.3 is 10.4 Å². The number of nitrogens with one attached hydrogen (secondary N) is 1. The maximum absolute atomic E-state index is 12.2. The molecule has 1 unspecified atom stereocenters. The lowest BCUT2D eigenvalue weighted by Gasteiger charge is -2.13. The second-order valence-corrected chi connectivity index (χ2v) is 4.33. The van der Waals surface area contributed by atoms with E-state index in [0.717, 1.165) is 5.56 Å². The lowest BCUT2D eigenvalue weighted by atomic mass is 10.0. The van der Waals surface area contributed by atoms with E-state index in [0.29, 0.717) is 0 Å². The van der Waals surface area contributed by atoms with Gasteiger partial charge in [-0.15, -0.1) is 0 Å². The largest absolute Gasteiger partial charge is 0.476 e. The van der Waals surface area contributed by atoms with Crippen molar-refractivity contribution in [2.45, 2.75) is 12.8 Å². The molecule has 5 heteroatoms. The quantitative estimate of drug-likeness (QED) is 0.894. The van der Waals surface area contributed by atoms with Gasteiger partial charge in [-0.2, -0.15) is 0 Å². The summed E-state index contributed by atoms with van der Waals surface area (Å²) in [5, 5.41) is 11.6. The molecule has 2 N–H and O–H groups in total. The van der Waals surface area contributed by atoms with E-state index in [1.165, 1.54) is 12.3 Å². The Morgan fingerprint density at radius 3 is 2.50 bits per heavy atom. The van der Waals surface area contributed by atoms with Crippen molar-refractivity contribution in [3.05, 3.63) is 59.9 Å². The predicted octanol–water partition coefficient (Wildman–Crippen LogP) is 2.52. The van der Waals surface area contributed by atoms with Crippen molar-refractivity contribution in [2.75, 3.05) is 5.32 Å². The molecule has 5 nitrogen and oxygen atoms in total. The third kappa shape index (κ3) is 3.00. The molecule has 0 saturated carbocycles. The molecule has 0 radical (unpaired) electrons. The SMILES string of the molecule is CC(C(=O)Nc1cccnc1C(=O)O)c1ccccc1. The molecule has 1 atom stereocenters. The van der Waals surface area contributed by atoms with Crippen LogP contribution >= 0.6 is 0 Å². The Labute approximate surface area is 116 Å². The summed E-state index contributed by atoms with van der Waals surface area (Å²) in [7, 11) is 0. The first kappa shape index (κ1) is 13.7. The molecule has 20 heavy (non-hydrogen) atoms. The van der Waals surface area contributed by atoms with Gasteiger partial charge in [0, 0.05) is 6.20 Å². The summed E-state index contributed by atoms with van der Waals surface area (Å²) in [6, 6.07) is 12.4. The smallest absolute Gasteiger partial charge is 0.356 e.